The van der Waals surface area contributed by atoms with Crippen molar-refractivity contribution in [2.24, 2.45) is 0 Å². The van der Waals surface area contributed by atoms with Gasteiger partial charge in [-0.2, -0.15) is 4.72 Å². The van der Waals surface area contributed by atoms with Crippen LogP contribution in [0.2, 0.25) is 0 Å². The van der Waals surface area contributed by atoms with Gasteiger partial charge in [-0.3, -0.25) is 9.59 Å². The Hall–Kier alpha value is -3.49. The van der Waals surface area contributed by atoms with Crippen molar-refractivity contribution in [3.8, 4) is 0 Å². The molecule has 2 amide bonds. The van der Waals surface area contributed by atoms with Gasteiger partial charge in [-0.25, -0.2) is 8.42 Å². The molecule has 0 heterocycles. The number of amides is 2. The number of aryl methyl sites for hydroxylation is 1. The van der Waals surface area contributed by atoms with Gasteiger partial charge in [0.2, 0.25) is 21.8 Å². The van der Waals surface area contributed by atoms with E-state index in [1.807, 2.05) is 37.3 Å². The van der Waals surface area contributed by atoms with Crippen molar-refractivity contribution in [3.05, 3.63) is 90.0 Å². The Morgan fingerprint density at radius 3 is 2.09 bits per heavy atom. The zero-order valence-corrected chi connectivity index (χ0v) is 18.6. The monoisotopic (exact) mass is 451 g/mol. The van der Waals surface area contributed by atoms with E-state index in [0.29, 0.717) is 11.4 Å². The summed E-state index contributed by atoms with van der Waals surface area (Å²) in [6.07, 6.45) is 0.170. The third-order valence-electron chi connectivity index (χ3n) is 4.68. The summed E-state index contributed by atoms with van der Waals surface area (Å²) < 4.78 is 28.4. The fraction of sp³-hybridized carbons (Fsp3) is 0.167. The Kier molecular flexibility index (Phi) is 7.40. The number of nitrogens with one attached hydrogen (secondary N) is 3. The number of anilines is 2. The number of rotatable bonds is 8. The molecule has 166 valence electrons. The van der Waals surface area contributed by atoms with Crippen molar-refractivity contribution in [2.75, 3.05) is 10.6 Å². The third kappa shape index (κ3) is 6.50. The van der Waals surface area contributed by atoms with E-state index >= 15 is 0 Å². The maximum atomic E-state index is 13.1. The highest BCUT2D eigenvalue weighted by Gasteiger charge is 2.26. The average Bonchev–Trinajstić information content (AvgIpc) is 2.74. The summed E-state index contributed by atoms with van der Waals surface area (Å²) in [5.74, 6) is -0.745. The maximum absolute atomic E-state index is 13.1. The van der Waals surface area contributed by atoms with Crippen LogP contribution in [0.15, 0.2) is 83.8 Å². The van der Waals surface area contributed by atoms with Gasteiger partial charge < -0.3 is 10.6 Å². The van der Waals surface area contributed by atoms with Crippen molar-refractivity contribution in [2.45, 2.75) is 31.2 Å². The first-order valence-corrected chi connectivity index (χ1v) is 11.5. The van der Waals surface area contributed by atoms with E-state index in [1.165, 1.54) is 19.1 Å². The fourth-order valence-electron chi connectivity index (χ4n) is 3.12. The van der Waals surface area contributed by atoms with Crippen molar-refractivity contribution in [1.29, 1.82) is 0 Å². The number of hydrogen-bond donors (Lipinski definition) is 3. The lowest BCUT2D eigenvalue weighted by Gasteiger charge is -2.19. The lowest BCUT2D eigenvalue weighted by atomic mass is 10.1. The molecule has 3 aromatic carbocycles. The first-order valence-electron chi connectivity index (χ1n) is 10.0. The molecule has 0 radical (unpaired) electrons. The minimum absolute atomic E-state index is 0.0848. The predicted octanol–water partition coefficient (Wildman–Crippen LogP) is 3.48. The Bertz CT molecular complexity index is 1190. The molecule has 0 saturated carbocycles. The smallest absolute Gasteiger partial charge is 0.242 e. The number of carbonyl (C=O) groups excluding carboxylic acids is 2. The molecule has 7 nitrogen and oxygen atoms in total. The summed E-state index contributed by atoms with van der Waals surface area (Å²) in [4.78, 5) is 24.5. The summed E-state index contributed by atoms with van der Waals surface area (Å²) in [6, 6.07) is 21.2. The topological polar surface area (TPSA) is 104 Å². The minimum atomic E-state index is -3.93. The van der Waals surface area contributed by atoms with Crippen LogP contribution >= 0.6 is 0 Å². The SMILES string of the molecule is CC(=O)Nc1cccc(NC(=O)[C@H](Cc2ccccc2)NS(=O)(=O)c2ccc(C)cc2)c1. The molecule has 0 aliphatic rings. The van der Waals surface area contributed by atoms with Crippen LogP contribution in [0.3, 0.4) is 0 Å². The molecular weight excluding hydrogens is 426 g/mol. The van der Waals surface area contributed by atoms with Gasteiger partial charge in [0.25, 0.3) is 0 Å². The van der Waals surface area contributed by atoms with Crippen LogP contribution in [-0.2, 0) is 26.0 Å². The van der Waals surface area contributed by atoms with E-state index in [0.717, 1.165) is 11.1 Å². The van der Waals surface area contributed by atoms with Crippen LogP contribution in [0.4, 0.5) is 11.4 Å². The predicted molar refractivity (Wildman–Crippen MR) is 125 cm³/mol. The molecule has 3 aromatic rings. The quantitative estimate of drug-likeness (QED) is 0.488. The van der Waals surface area contributed by atoms with Gasteiger partial charge in [-0.05, 0) is 49.2 Å². The molecule has 1 atom stereocenters. The zero-order valence-electron chi connectivity index (χ0n) is 17.8. The van der Waals surface area contributed by atoms with E-state index < -0.39 is 22.0 Å². The molecule has 0 fully saturated rings. The second kappa shape index (κ2) is 10.2. The molecule has 3 rings (SSSR count). The van der Waals surface area contributed by atoms with Crippen molar-refractivity contribution in [3.63, 3.8) is 0 Å². The Labute approximate surface area is 187 Å². The highest BCUT2D eigenvalue weighted by molar-refractivity contribution is 7.89. The van der Waals surface area contributed by atoms with E-state index in [9.17, 15) is 18.0 Å². The third-order valence-corrected chi connectivity index (χ3v) is 6.17. The lowest BCUT2D eigenvalue weighted by Crippen LogP contribution is -2.45. The van der Waals surface area contributed by atoms with E-state index in [-0.39, 0.29) is 17.2 Å². The second-order valence-corrected chi connectivity index (χ2v) is 9.14. The second-order valence-electron chi connectivity index (χ2n) is 7.43. The van der Waals surface area contributed by atoms with E-state index in [4.69, 9.17) is 0 Å². The summed E-state index contributed by atoms with van der Waals surface area (Å²) in [5.41, 5.74) is 2.71. The molecule has 0 spiro atoms. The highest BCUT2D eigenvalue weighted by atomic mass is 32.2. The van der Waals surface area contributed by atoms with Gasteiger partial charge in [-0.1, -0.05) is 54.1 Å². The lowest BCUT2D eigenvalue weighted by molar-refractivity contribution is -0.117. The van der Waals surface area contributed by atoms with Gasteiger partial charge >= 0.3 is 0 Å². The summed E-state index contributed by atoms with van der Waals surface area (Å²) in [6.45, 7) is 3.26. The molecule has 0 bridgehead atoms. The van der Waals surface area contributed by atoms with Gasteiger partial charge in [0.1, 0.15) is 6.04 Å². The molecule has 3 N–H and O–H groups in total. The molecule has 32 heavy (non-hydrogen) atoms. The number of benzene rings is 3. The largest absolute Gasteiger partial charge is 0.326 e. The van der Waals surface area contributed by atoms with Crippen LogP contribution in [0.1, 0.15) is 18.1 Å². The molecule has 0 aromatic heterocycles. The molecule has 0 aliphatic carbocycles. The van der Waals surface area contributed by atoms with Crippen LogP contribution in [-0.4, -0.2) is 26.3 Å². The number of sulfonamides is 1. The molecule has 0 aliphatic heterocycles. The van der Waals surface area contributed by atoms with Crippen molar-refractivity contribution >= 4 is 33.2 Å². The van der Waals surface area contributed by atoms with Crippen LogP contribution < -0.4 is 15.4 Å². The standard InChI is InChI=1S/C24H25N3O4S/c1-17-11-13-22(14-12-17)32(30,31)27-23(15-19-7-4-3-5-8-19)24(29)26-21-10-6-9-20(16-21)25-18(2)28/h3-14,16,23,27H,15H2,1-2H3,(H,25,28)(H,26,29)/t23-/m0/s1. The van der Waals surface area contributed by atoms with Gasteiger partial charge in [0.15, 0.2) is 0 Å². The Morgan fingerprint density at radius 1 is 0.844 bits per heavy atom. The van der Waals surface area contributed by atoms with Crippen LogP contribution in [0, 0.1) is 6.92 Å². The van der Waals surface area contributed by atoms with Crippen molar-refractivity contribution in [1.82, 2.24) is 4.72 Å². The molecule has 0 unspecified atom stereocenters. The van der Waals surface area contributed by atoms with Gasteiger partial charge in [-0.15, -0.1) is 0 Å². The normalized spacial score (nSPS) is 12.1. The molecule has 0 saturated heterocycles. The summed E-state index contributed by atoms with van der Waals surface area (Å²) in [7, 11) is -3.93. The first-order chi connectivity index (χ1) is 15.2. The van der Waals surface area contributed by atoms with Crippen LogP contribution in [0.25, 0.3) is 0 Å². The van der Waals surface area contributed by atoms with Crippen molar-refractivity contribution < 1.29 is 18.0 Å². The molecule has 8 heteroatoms. The Balaban J connectivity index is 1.84. The fourth-order valence-corrected chi connectivity index (χ4v) is 4.31. The Morgan fingerprint density at radius 2 is 1.47 bits per heavy atom. The van der Waals surface area contributed by atoms with Gasteiger partial charge in [0.05, 0.1) is 4.90 Å². The summed E-state index contributed by atoms with van der Waals surface area (Å²) >= 11 is 0. The highest BCUT2D eigenvalue weighted by Crippen LogP contribution is 2.17. The zero-order chi connectivity index (χ0) is 23.1. The minimum Gasteiger partial charge on any atom is -0.326 e. The van der Waals surface area contributed by atoms with Crippen LogP contribution in [0.5, 0.6) is 0 Å². The first kappa shape index (κ1) is 23.2. The maximum Gasteiger partial charge on any atom is 0.242 e. The van der Waals surface area contributed by atoms with E-state index in [1.54, 1.807) is 36.4 Å². The number of carbonyl (C=O) groups is 2. The summed E-state index contributed by atoms with van der Waals surface area (Å²) in [5, 5.41) is 5.39. The van der Waals surface area contributed by atoms with Gasteiger partial charge in [0, 0.05) is 18.3 Å². The average molecular weight is 452 g/mol. The number of hydrogen-bond acceptors (Lipinski definition) is 4. The molecular formula is C24H25N3O4S. The van der Waals surface area contributed by atoms with E-state index in [2.05, 4.69) is 15.4 Å².